The van der Waals surface area contributed by atoms with E-state index in [1.54, 1.807) is 18.2 Å². The normalized spacial score (nSPS) is 23.7. The predicted octanol–water partition coefficient (Wildman–Crippen LogP) is 1.52. The molecule has 1 fully saturated rings. The number of nitrogens with zero attached hydrogens (tertiary/aromatic N) is 1. The van der Waals surface area contributed by atoms with Gasteiger partial charge in [-0.3, -0.25) is 9.79 Å². The van der Waals surface area contributed by atoms with Gasteiger partial charge in [0.05, 0.1) is 17.8 Å². The third kappa shape index (κ3) is 2.99. The summed E-state index contributed by atoms with van der Waals surface area (Å²) >= 11 is 0. The summed E-state index contributed by atoms with van der Waals surface area (Å²) < 4.78 is 13.5. The van der Waals surface area contributed by atoms with E-state index in [1.807, 2.05) is 6.92 Å². The molecule has 1 saturated heterocycles. The summed E-state index contributed by atoms with van der Waals surface area (Å²) in [5.41, 5.74) is 6.95. The molecule has 5 heteroatoms. The van der Waals surface area contributed by atoms with Crippen molar-refractivity contribution in [1.82, 2.24) is 5.32 Å². The SMILES string of the molecule is CC1CC(=NCc2ccccc2F)/C(=C\N)C(=O)N1. The smallest absolute Gasteiger partial charge is 0.254 e. The molecule has 0 spiro atoms. The largest absolute Gasteiger partial charge is 0.404 e. The van der Waals surface area contributed by atoms with Gasteiger partial charge in [0.2, 0.25) is 0 Å². The molecule has 0 aliphatic carbocycles. The second kappa shape index (κ2) is 5.65. The van der Waals surface area contributed by atoms with Crippen molar-refractivity contribution in [3.8, 4) is 0 Å². The maximum atomic E-state index is 13.5. The van der Waals surface area contributed by atoms with Crippen LogP contribution in [0.1, 0.15) is 18.9 Å². The number of nitrogens with one attached hydrogen (secondary N) is 1. The summed E-state index contributed by atoms with van der Waals surface area (Å²) in [6.07, 6.45) is 1.85. The average Bonchev–Trinajstić information content (AvgIpc) is 2.37. The van der Waals surface area contributed by atoms with Gasteiger partial charge in [0.25, 0.3) is 5.91 Å². The van der Waals surface area contributed by atoms with Gasteiger partial charge < -0.3 is 11.1 Å². The van der Waals surface area contributed by atoms with Crippen molar-refractivity contribution in [2.24, 2.45) is 10.7 Å². The molecule has 0 aromatic heterocycles. The Morgan fingerprint density at radius 1 is 1.53 bits per heavy atom. The molecule has 1 atom stereocenters. The number of benzene rings is 1. The fraction of sp³-hybridized carbons (Fsp3) is 0.286. The first-order chi connectivity index (χ1) is 9.11. The minimum absolute atomic E-state index is 0.00979. The standard InChI is InChI=1S/C14H16FN3O/c1-9-6-13(11(7-16)14(19)18-9)17-8-10-4-2-3-5-12(10)15/h2-5,7,9H,6,8,16H2,1H3,(H,18,19)/b11-7+,17-13?. The Morgan fingerprint density at radius 2 is 2.26 bits per heavy atom. The lowest BCUT2D eigenvalue weighted by molar-refractivity contribution is -0.117. The van der Waals surface area contributed by atoms with Gasteiger partial charge in [-0.1, -0.05) is 18.2 Å². The van der Waals surface area contributed by atoms with Crippen LogP contribution in [-0.2, 0) is 11.3 Å². The second-order valence-corrected chi connectivity index (χ2v) is 4.51. The summed E-state index contributed by atoms with van der Waals surface area (Å²) in [5.74, 6) is -0.521. The summed E-state index contributed by atoms with van der Waals surface area (Å²) in [7, 11) is 0. The summed E-state index contributed by atoms with van der Waals surface area (Å²) in [4.78, 5) is 16.0. The van der Waals surface area contributed by atoms with Gasteiger partial charge in [0.15, 0.2) is 0 Å². The zero-order valence-corrected chi connectivity index (χ0v) is 10.7. The monoisotopic (exact) mass is 261 g/mol. The molecular weight excluding hydrogens is 245 g/mol. The molecule has 1 amide bonds. The van der Waals surface area contributed by atoms with Gasteiger partial charge in [0, 0.05) is 24.2 Å². The quantitative estimate of drug-likeness (QED) is 0.792. The zero-order chi connectivity index (χ0) is 13.8. The van der Waals surface area contributed by atoms with Crippen molar-refractivity contribution < 1.29 is 9.18 Å². The highest BCUT2D eigenvalue weighted by molar-refractivity contribution is 6.23. The minimum Gasteiger partial charge on any atom is -0.404 e. The van der Waals surface area contributed by atoms with Crippen LogP contribution in [0.3, 0.4) is 0 Å². The fourth-order valence-corrected chi connectivity index (χ4v) is 2.01. The highest BCUT2D eigenvalue weighted by Gasteiger charge is 2.25. The van der Waals surface area contributed by atoms with Crippen molar-refractivity contribution in [2.75, 3.05) is 0 Å². The molecule has 100 valence electrons. The molecule has 1 aromatic carbocycles. The van der Waals surface area contributed by atoms with E-state index in [4.69, 9.17) is 5.73 Å². The summed E-state index contributed by atoms with van der Waals surface area (Å²) in [5, 5.41) is 2.78. The number of halogens is 1. The number of nitrogens with two attached hydrogens (primary N) is 1. The van der Waals surface area contributed by atoms with Gasteiger partial charge >= 0.3 is 0 Å². The number of carbonyl (C=O) groups is 1. The van der Waals surface area contributed by atoms with Crippen LogP contribution in [0.4, 0.5) is 4.39 Å². The zero-order valence-electron chi connectivity index (χ0n) is 10.7. The van der Waals surface area contributed by atoms with Crippen LogP contribution in [0.15, 0.2) is 41.0 Å². The first-order valence-electron chi connectivity index (χ1n) is 6.11. The molecule has 0 saturated carbocycles. The third-order valence-electron chi connectivity index (χ3n) is 3.00. The fourth-order valence-electron chi connectivity index (χ4n) is 2.01. The maximum absolute atomic E-state index is 13.5. The Kier molecular flexibility index (Phi) is 3.94. The Morgan fingerprint density at radius 3 is 2.95 bits per heavy atom. The molecule has 0 radical (unpaired) electrons. The minimum atomic E-state index is -0.293. The molecule has 0 bridgehead atoms. The summed E-state index contributed by atoms with van der Waals surface area (Å²) in [6.45, 7) is 2.10. The van der Waals surface area contributed by atoms with E-state index in [2.05, 4.69) is 10.3 Å². The number of carbonyl (C=O) groups excluding carboxylic acids is 1. The number of amides is 1. The lowest BCUT2D eigenvalue weighted by Gasteiger charge is -2.23. The van der Waals surface area contributed by atoms with E-state index in [9.17, 15) is 9.18 Å². The van der Waals surface area contributed by atoms with Crippen LogP contribution < -0.4 is 11.1 Å². The van der Waals surface area contributed by atoms with E-state index < -0.39 is 0 Å². The molecule has 1 aliphatic heterocycles. The molecule has 1 unspecified atom stereocenters. The van der Waals surface area contributed by atoms with Crippen LogP contribution in [0, 0.1) is 5.82 Å². The number of piperidine rings is 1. The van der Waals surface area contributed by atoms with Crippen LogP contribution in [0.2, 0.25) is 0 Å². The maximum Gasteiger partial charge on any atom is 0.254 e. The number of rotatable bonds is 2. The molecule has 1 aromatic rings. The van der Waals surface area contributed by atoms with Crippen molar-refractivity contribution in [2.45, 2.75) is 25.9 Å². The summed E-state index contributed by atoms with van der Waals surface area (Å²) in [6, 6.07) is 6.47. The Hall–Kier alpha value is -2.17. The van der Waals surface area contributed by atoms with Crippen molar-refractivity contribution >= 4 is 11.6 Å². The molecule has 19 heavy (non-hydrogen) atoms. The predicted molar refractivity (Wildman–Crippen MR) is 72.0 cm³/mol. The van der Waals surface area contributed by atoms with E-state index >= 15 is 0 Å². The molecule has 4 nitrogen and oxygen atoms in total. The van der Waals surface area contributed by atoms with Crippen molar-refractivity contribution in [3.63, 3.8) is 0 Å². The lowest BCUT2D eigenvalue weighted by Crippen LogP contribution is -2.43. The Balaban J connectivity index is 2.22. The second-order valence-electron chi connectivity index (χ2n) is 4.51. The molecular formula is C14H16FN3O. The van der Waals surface area contributed by atoms with Gasteiger partial charge in [-0.25, -0.2) is 4.39 Å². The Bertz CT molecular complexity index is 551. The number of hydrogen-bond donors (Lipinski definition) is 2. The van der Waals surface area contributed by atoms with Crippen molar-refractivity contribution in [1.29, 1.82) is 0 Å². The highest BCUT2D eigenvalue weighted by Crippen LogP contribution is 2.14. The molecule has 2 rings (SSSR count). The first kappa shape index (κ1) is 13.3. The number of aliphatic imine (C=N–C) groups is 1. The van der Waals surface area contributed by atoms with Crippen LogP contribution >= 0.6 is 0 Å². The van der Waals surface area contributed by atoms with Gasteiger partial charge in [0.1, 0.15) is 5.82 Å². The lowest BCUT2D eigenvalue weighted by atomic mass is 9.98. The van der Waals surface area contributed by atoms with Crippen LogP contribution in [0.5, 0.6) is 0 Å². The first-order valence-corrected chi connectivity index (χ1v) is 6.11. The third-order valence-corrected chi connectivity index (χ3v) is 3.00. The van der Waals surface area contributed by atoms with E-state index in [-0.39, 0.29) is 24.3 Å². The topological polar surface area (TPSA) is 67.5 Å². The number of hydrogen-bond acceptors (Lipinski definition) is 3. The average molecular weight is 261 g/mol. The van der Waals surface area contributed by atoms with E-state index in [0.29, 0.717) is 23.3 Å². The van der Waals surface area contributed by atoms with Gasteiger partial charge in [-0.2, -0.15) is 0 Å². The molecule has 3 N–H and O–H groups in total. The highest BCUT2D eigenvalue weighted by atomic mass is 19.1. The molecule has 1 heterocycles. The Labute approximate surface area is 111 Å². The van der Waals surface area contributed by atoms with Gasteiger partial charge in [-0.05, 0) is 13.0 Å². The van der Waals surface area contributed by atoms with Crippen molar-refractivity contribution in [3.05, 3.63) is 47.4 Å². The molecule has 1 aliphatic rings. The van der Waals surface area contributed by atoms with E-state index in [0.717, 1.165) is 0 Å². The van der Waals surface area contributed by atoms with Crippen LogP contribution in [-0.4, -0.2) is 17.7 Å². The van der Waals surface area contributed by atoms with Gasteiger partial charge in [-0.15, -0.1) is 0 Å². The van der Waals surface area contributed by atoms with E-state index in [1.165, 1.54) is 12.3 Å². The van der Waals surface area contributed by atoms with Crippen LogP contribution in [0.25, 0.3) is 0 Å².